The molecule has 1 aliphatic rings. The van der Waals surface area contributed by atoms with Crippen LogP contribution >= 0.6 is 0 Å². The summed E-state index contributed by atoms with van der Waals surface area (Å²) < 4.78 is 71.3. The third-order valence-electron chi connectivity index (χ3n) is 3.92. The Bertz CT molecular complexity index is 1040. The fourth-order valence-corrected chi connectivity index (χ4v) is 5.35. The van der Waals surface area contributed by atoms with Gasteiger partial charge in [-0.2, -0.15) is 0 Å². The van der Waals surface area contributed by atoms with E-state index in [2.05, 4.69) is 4.72 Å². The molecule has 7 nitrogen and oxygen atoms in total. The van der Waals surface area contributed by atoms with Crippen molar-refractivity contribution in [3.63, 3.8) is 0 Å². The molecule has 3 rings (SSSR count). The van der Waals surface area contributed by atoms with Crippen molar-refractivity contribution in [2.24, 2.45) is 0 Å². The first kappa shape index (κ1) is 18.5. The van der Waals surface area contributed by atoms with Gasteiger partial charge in [0.15, 0.2) is 0 Å². The van der Waals surface area contributed by atoms with Crippen LogP contribution in [-0.2, 0) is 20.0 Å². The highest BCUT2D eigenvalue weighted by molar-refractivity contribution is 7.93. The molecule has 0 unspecified atom stereocenters. The topological polar surface area (TPSA) is 92.8 Å². The highest BCUT2D eigenvalue weighted by Crippen LogP contribution is 2.34. The van der Waals surface area contributed by atoms with Gasteiger partial charge < -0.3 is 4.74 Å². The van der Waals surface area contributed by atoms with E-state index in [0.717, 1.165) is 12.1 Å². The molecule has 0 atom stereocenters. The molecule has 140 valence electrons. The minimum absolute atomic E-state index is 0.0450. The van der Waals surface area contributed by atoms with Gasteiger partial charge in [0, 0.05) is 6.54 Å². The Hall–Kier alpha value is -2.33. The summed E-state index contributed by atoms with van der Waals surface area (Å²) in [6.45, 7) is 0.324. The summed E-state index contributed by atoms with van der Waals surface area (Å²) in [5, 5.41) is 0. The molecule has 0 radical (unpaired) electrons. The predicted molar refractivity (Wildman–Crippen MR) is 96.0 cm³/mol. The maximum absolute atomic E-state index is 13.3. The molecule has 0 aliphatic carbocycles. The summed E-state index contributed by atoms with van der Waals surface area (Å²) in [6.07, 6.45) is 0.499. The smallest absolute Gasteiger partial charge is 0.262 e. The van der Waals surface area contributed by atoms with Crippen LogP contribution in [0.3, 0.4) is 0 Å². The number of halogens is 1. The van der Waals surface area contributed by atoms with Crippen LogP contribution in [-0.4, -0.2) is 36.2 Å². The number of hydrogen-bond acceptors (Lipinski definition) is 5. The lowest BCUT2D eigenvalue weighted by molar-refractivity contribution is 0.417. The van der Waals surface area contributed by atoms with Gasteiger partial charge in [-0.25, -0.2) is 21.2 Å². The summed E-state index contributed by atoms with van der Waals surface area (Å²) in [4.78, 5) is -0.251. The van der Waals surface area contributed by atoms with Crippen LogP contribution in [0.1, 0.15) is 6.42 Å². The molecule has 1 fully saturated rings. The van der Waals surface area contributed by atoms with Crippen LogP contribution in [0, 0.1) is 5.82 Å². The number of nitrogens with zero attached hydrogens (tertiary/aromatic N) is 1. The molecule has 1 heterocycles. The van der Waals surface area contributed by atoms with Crippen molar-refractivity contribution in [2.75, 3.05) is 28.4 Å². The van der Waals surface area contributed by atoms with E-state index in [1.165, 1.54) is 35.7 Å². The molecule has 0 aromatic heterocycles. The van der Waals surface area contributed by atoms with Crippen LogP contribution in [0.5, 0.6) is 5.75 Å². The molecule has 1 saturated heterocycles. The molecule has 0 spiro atoms. The normalized spacial score (nSPS) is 16.5. The first-order valence-electron chi connectivity index (χ1n) is 7.70. The van der Waals surface area contributed by atoms with Crippen LogP contribution in [0.4, 0.5) is 15.8 Å². The lowest BCUT2D eigenvalue weighted by Gasteiger charge is -2.19. The van der Waals surface area contributed by atoms with Gasteiger partial charge >= 0.3 is 0 Å². The Morgan fingerprint density at radius 1 is 1.19 bits per heavy atom. The fourth-order valence-electron chi connectivity index (χ4n) is 2.70. The summed E-state index contributed by atoms with van der Waals surface area (Å²) >= 11 is 0. The standard InChI is InChI=1S/C16H17FN2O5S2/c1-24-16-7-6-13(19-8-3-9-25(19,20)21)11-15(16)18-26(22,23)14-5-2-4-12(17)10-14/h2,4-7,10-11,18H,3,8-9H2,1H3. The zero-order chi connectivity index (χ0) is 18.9. The van der Waals surface area contributed by atoms with E-state index in [4.69, 9.17) is 4.74 Å². The molecule has 26 heavy (non-hydrogen) atoms. The first-order valence-corrected chi connectivity index (χ1v) is 10.8. The molecular weight excluding hydrogens is 383 g/mol. The van der Waals surface area contributed by atoms with Gasteiger partial charge in [0.1, 0.15) is 11.6 Å². The fraction of sp³-hybridized carbons (Fsp3) is 0.250. The van der Waals surface area contributed by atoms with Gasteiger partial charge in [-0.1, -0.05) is 6.07 Å². The Balaban J connectivity index is 2.00. The second kappa shape index (κ2) is 6.76. The van der Waals surface area contributed by atoms with Crippen molar-refractivity contribution in [3.05, 3.63) is 48.3 Å². The summed E-state index contributed by atoms with van der Waals surface area (Å²) in [7, 11) is -6.12. The van der Waals surface area contributed by atoms with Gasteiger partial charge in [0.05, 0.1) is 29.1 Å². The first-order chi connectivity index (χ1) is 12.2. The lowest BCUT2D eigenvalue weighted by atomic mass is 10.2. The Morgan fingerprint density at radius 3 is 2.58 bits per heavy atom. The molecule has 10 heteroatoms. The third-order valence-corrected chi connectivity index (χ3v) is 7.15. The van der Waals surface area contributed by atoms with Crippen molar-refractivity contribution < 1.29 is 26.0 Å². The minimum atomic E-state index is -4.08. The molecule has 1 aliphatic heterocycles. The van der Waals surface area contributed by atoms with Crippen LogP contribution in [0.2, 0.25) is 0 Å². The predicted octanol–water partition coefficient (Wildman–Crippen LogP) is 2.17. The summed E-state index contributed by atoms with van der Waals surface area (Å²) in [5.41, 5.74) is 0.400. The van der Waals surface area contributed by atoms with Gasteiger partial charge in [-0.3, -0.25) is 9.03 Å². The number of rotatable bonds is 5. The molecule has 1 N–H and O–H groups in total. The van der Waals surface area contributed by atoms with Crippen LogP contribution in [0.15, 0.2) is 47.4 Å². The van der Waals surface area contributed by atoms with Crippen LogP contribution in [0.25, 0.3) is 0 Å². The monoisotopic (exact) mass is 400 g/mol. The van der Waals surface area contributed by atoms with Crippen molar-refractivity contribution in [1.29, 1.82) is 0 Å². The van der Waals surface area contributed by atoms with Gasteiger partial charge in [0.2, 0.25) is 10.0 Å². The lowest BCUT2D eigenvalue weighted by Crippen LogP contribution is -2.25. The van der Waals surface area contributed by atoms with E-state index >= 15 is 0 Å². The van der Waals surface area contributed by atoms with E-state index in [1.807, 2.05) is 0 Å². The van der Waals surface area contributed by atoms with Crippen molar-refractivity contribution in [2.45, 2.75) is 11.3 Å². The Labute approximate surface area is 151 Å². The molecule has 0 amide bonds. The molecule has 0 saturated carbocycles. The largest absolute Gasteiger partial charge is 0.495 e. The Kier molecular flexibility index (Phi) is 4.80. The average Bonchev–Trinajstić information content (AvgIpc) is 2.93. The number of sulfonamides is 2. The SMILES string of the molecule is COc1ccc(N2CCCS2(=O)=O)cc1NS(=O)(=O)c1cccc(F)c1. The molecule has 2 aromatic carbocycles. The van der Waals surface area contributed by atoms with Gasteiger partial charge in [0.25, 0.3) is 10.0 Å². The number of nitrogens with one attached hydrogen (secondary N) is 1. The second-order valence-corrected chi connectivity index (χ2v) is 9.38. The summed E-state index contributed by atoms with van der Waals surface area (Å²) in [6, 6.07) is 8.98. The van der Waals surface area contributed by atoms with Crippen molar-refractivity contribution in [3.8, 4) is 5.75 Å². The molecule has 2 aromatic rings. The number of methoxy groups -OCH3 is 1. The third kappa shape index (κ3) is 3.61. The van der Waals surface area contributed by atoms with Gasteiger partial charge in [-0.15, -0.1) is 0 Å². The number of ether oxygens (including phenoxy) is 1. The molecular formula is C16H17FN2O5S2. The minimum Gasteiger partial charge on any atom is -0.495 e. The van der Waals surface area contributed by atoms with Gasteiger partial charge in [-0.05, 0) is 42.8 Å². The van der Waals surface area contributed by atoms with E-state index in [9.17, 15) is 21.2 Å². The van der Waals surface area contributed by atoms with E-state index < -0.39 is 25.9 Å². The molecule has 0 bridgehead atoms. The number of benzene rings is 2. The number of anilines is 2. The van der Waals surface area contributed by atoms with Crippen molar-refractivity contribution in [1.82, 2.24) is 0 Å². The maximum atomic E-state index is 13.3. The zero-order valence-corrected chi connectivity index (χ0v) is 15.5. The zero-order valence-electron chi connectivity index (χ0n) is 13.8. The van der Waals surface area contributed by atoms with E-state index in [0.29, 0.717) is 18.7 Å². The maximum Gasteiger partial charge on any atom is 0.262 e. The van der Waals surface area contributed by atoms with Crippen molar-refractivity contribution >= 4 is 31.4 Å². The van der Waals surface area contributed by atoms with Crippen LogP contribution < -0.4 is 13.8 Å². The quantitative estimate of drug-likeness (QED) is 0.830. The second-order valence-electron chi connectivity index (χ2n) is 5.69. The Morgan fingerprint density at radius 2 is 1.96 bits per heavy atom. The highest BCUT2D eigenvalue weighted by Gasteiger charge is 2.29. The van der Waals surface area contributed by atoms with E-state index in [1.54, 1.807) is 6.07 Å². The van der Waals surface area contributed by atoms with E-state index in [-0.39, 0.29) is 22.1 Å². The average molecular weight is 400 g/mol. The number of hydrogen-bond donors (Lipinski definition) is 1. The highest BCUT2D eigenvalue weighted by atomic mass is 32.2. The summed E-state index contributed by atoms with van der Waals surface area (Å²) in [5.74, 6) is -0.425.